The van der Waals surface area contributed by atoms with Gasteiger partial charge >= 0.3 is 0 Å². The van der Waals surface area contributed by atoms with Gasteiger partial charge in [-0.1, -0.05) is 41.1 Å². The molecule has 3 unspecified atom stereocenters. The minimum absolute atomic E-state index is 0.111. The topological polar surface area (TPSA) is 29.5 Å². The predicted molar refractivity (Wildman–Crippen MR) is 85.4 cm³/mol. The lowest BCUT2D eigenvalue weighted by molar-refractivity contribution is -0.119. The lowest BCUT2D eigenvalue weighted by atomic mass is 10.1. The molecule has 20 heavy (non-hydrogen) atoms. The smallest absolute Gasteiger partial charge is 0.227 e. The van der Waals surface area contributed by atoms with Crippen LogP contribution in [0.5, 0.6) is 0 Å². The van der Waals surface area contributed by atoms with Crippen LogP contribution in [0.25, 0.3) is 0 Å². The number of nitrogens with zero attached hydrogens (tertiary/aromatic N) is 1. The van der Waals surface area contributed by atoms with Crippen molar-refractivity contribution in [3.8, 4) is 0 Å². The summed E-state index contributed by atoms with van der Waals surface area (Å²) in [6, 6.07) is 10.0. The normalized spacial score (nSPS) is 25.6. The third-order valence-corrected chi connectivity index (χ3v) is 4.48. The van der Waals surface area contributed by atoms with Gasteiger partial charge in [0.25, 0.3) is 0 Å². The quantitative estimate of drug-likeness (QED) is 0.764. The predicted octanol–water partition coefficient (Wildman–Crippen LogP) is 3.76. The maximum absolute atomic E-state index is 12.4. The Morgan fingerprint density at radius 1 is 1.30 bits per heavy atom. The Balaban J connectivity index is 2.28. The summed E-state index contributed by atoms with van der Waals surface area (Å²) in [4.78, 5) is 14.8. The van der Waals surface area contributed by atoms with Crippen molar-refractivity contribution in [3.63, 3.8) is 0 Å². The molecule has 2 rings (SSSR count). The van der Waals surface area contributed by atoms with Crippen molar-refractivity contribution in [1.29, 1.82) is 0 Å². The van der Waals surface area contributed by atoms with E-state index in [2.05, 4.69) is 15.9 Å². The molecule has 1 fully saturated rings. The SMILES string of the molecule is CCOC1CC(Br)CC1N(C(=O)CC)c1ccccc1. The monoisotopic (exact) mass is 339 g/mol. The Kier molecular flexibility index (Phi) is 5.61. The van der Waals surface area contributed by atoms with Crippen LogP contribution in [-0.2, 0) is 9.53 Å². The summed E-state index contributed by atoms with van der Waals surface area (Å²) in [5.74, 6) is 0.160. The molecule has 1 aliphatic carbocycles. The largest absolute Gasteiger partial charge is 0.376 e. The maximum Gasteiger partial charge on any atom is 0.227 e. The van der Waals surface area contributed by atoms with Gasteiger partial charge in [-0.3, -0.25) is 4.79 Å². The summed E-state index contributed by atoms with van der Waals surface area (Å²) < 4.78 is 5.86. The highest BCUT2D eigenvalue weighted by atomic mass is 79.9. The van der Waals surface area contributed by atoms with E-state index in [9.17, 15) is 4.79 Å². The first-order valence-electron chi connectivity index (χ1n) is 7.30. The molecular weight excluding hydrogens is 318 g/mol. The minimum atomic E-state index is 0.111. The third-order valence-electron chi connectivity index (χ3n) is 3.73. The Morgan fingerprint density at radius 3 is 2.60 bits per heavy atom. The van der Waals surface area contributed by atoms with Crippen LogP contribution >= 0.6 is 15.9 Å². The number of benzene rings is 1. The van der Waals surface area contributed by atoms with E-state index in [1.54, 1.807) is 0 Å². The summed E-state index contributed by atoms with van der Waals surface area (Å²) in [5.41, 5.74) is 0.968. The van der Waals surface area contributed by atoms with Gasteiger partial charge in [-0.25, -0.2) is 0 Å². The van der Waals surface area contributed by atoms with Crippen LogP contribution in [0.4, 0.5) is 5.69 Å². The second-order valence-corrected chi connectivity index (χ2v) is 6.38. The molecule has 4 heteroatoms. The molecule has 1 saturated carbocycles. The molecule has 0 heterocycles. The van der Waals surface area contributed by atoms with Gasteiger partial charge in [0.1, 0.15) is 0 Å². The number of alkyl halides is 1. The zero-order valence-corrected chi connectivity index (χ0v) is 13.7. The van der Waals surface area contributed by atoms with Crippen LogP contribution in [-0.4, -0.2) is 29.5 Å². The number of ether oxygens (including phenoxy) is 1. The van der Waals surface area contributed by atoms with E-state index in [0.717, 1.165) is 18.5 Å². The van der Waals surface area contributed by atoms with Crippen LogP contribution in [0.3, 0.4) is 0 Å². The molecule has 0 aromatic heterocycles. The molecule has 0 aliphatic heterocycles. The van der Waals surface area contributed by atoms with Gasteiger partial charge in [-0.2, -0.15) is 0 Å². The van der Waals surface area contributed by atoms with Crippen molar-refractivity contribution in [1.82, 2.24) is 0 Å². The van der Waals surface area contributed by atoms with Gasteiger partial charge < -0.3 is 9.64 Å². The summed E-state index contributed by atoms with van der Waals surface area (Å²) in [6.07, 6.45) is 2.52. The fraction of sp³-hybridized carbons (Fsp3) is 0.562. The van der Waals surface area contributed by atoms with Gasteiger partial charge in [0.05, 0.1) is 12.1 Å². The fourth-order valence-electron chi connectivity index (χ4n) is 2.86. The Bertz CT molecular complexity index is 437. The van der Waals surface area contributed by atoms with E-state index in [1.165, 1.54) is 0 Å². The number of carbonyl (C=O) groups is 1. The summed E-state index contributed by atoms with van der Waals surface area (Å²) in [7, 11) is 0. The second-order valence-electron chi connectivity index (χ2n) is 5.08. The van der Waals surface area contributed by atoms with Crippen molar-refractivity contribution in [2.24, 2.45) is 0 Å². The van der Waals surface area contributed by atoms with E-state index in [0.29, 0.717) is 17.9 Å². The van der Waals surface area contributed by atoms with Crippen LogP contribution in [0, 0.1) is 0 Å². The lowest BCUT2D eigenvalue weighted by Crippen LogP contribution is -2.45. The van der Waals surface area contributed by atoms with E-state index >= 15 is 0 Å². The number of carbonyl (C=O) groups excluding carboxylic acids is 1. The molecule has 1 amide bonds. The van der Waals surface area contributed by atoms with Crippen molar-refractivity contribution >= 4 is 27.5 Å². The number of para-hydroxylation sites is 1. The molecule has 1 aromatic carbocycles. The molecule has 0 radical (unpaired) electrons. The van der Waals surface area contributed by atoms with Crippen LogP contribution < -0.4 is 4.90 Å². The molecule has 3 nitrogen and oxygen atoms in total. The highest BCUT2D eigenvalue weighted by Crippen LogP contribution is 2.34. The summed E-state index contributed by atoms with van der Waals surface area (Å²) >= 11 is 3.68. The van der Waals surface area contributed by atoms with Gasteiger partial charge in [0.15, 0.2) is 0 Å². The zero-order chi connectivity index (χ0) is 14.5. The maximum atomic E-state index is 12.4. The van der Waals surface area contributed by atoms with E-state index in [-0.39, 0.29) is 18.1 Å². The van der Waals surface area contributed by atoms with E-state index in [1.807, 2.05) is 49.1 Å². The van der Waals surface area contributed by atoms with E-state index in [4.69, 9.17) is 4.74 Å². The summed E-state index contributed by atoms with van der Waals surface area (Å²) in [6.45, 7) is 4.60. The van der Waals surface area contributed by atoms with Gasteiger partial charge in [0, 0.05) is 23.5 Å². The zero-order valence-electron chi connectivity index (χ0n) is 12.1. The molecule has 1 aliphatic rings. The number of amides is 1. The minimum Gasteiger partial charge on any atom is -0.376 e. The fourth-order valence-corrected chi connectivity index (χ4v) is 3.61. The molecule has 0 saturated heterocycles. The molecule has 0 spiro atoms. The van der Waals surface area contributed by atoms with Gasteiger partial charge in [0.2, 0.25) is 5.91 Å². The van der Waals surface area contributed by atoms with E-state index < -0.39 is 0 Å². The number of rotatable bonds is 5. The van der Waals surface area contributed by atoms with Crippen molar-refractivity contribution < 1.29 is 9.53 Å². The number of hydrogen-bond acceptors (Lipinski definition) is 2. The first kappa shape index (κ1) is 15.5. The molecular formula is C16H22BrNO2. The highest BCUT2D eigenvalue weighted by Gasteiger charge is 2.39. The van der Waals surface area contributed by atoms with Crippen molar-refractivity contribution in [2.75, 3.05) is 11.5 Å². The number of hydrogen-bond donors (Lipinski definition) is 0. The summed E-state index contributed by atoms with van der Waals surface area (Å²) in [5, 5.41) is 0. The van der Waals surface area contributed by atoms with Crippen LogP contribution in [0.2, 0.25) is 0 Å². The van der Waals surface area contributed by atoms with Gasteiger partial charge in [-0.05, 0) is 31.9 Å². The van der Waals surface area contributed by atoms with Crippen LogP contribution in [0.15, 0.2) is 30.3 Å². The molecule has 0 bridgehead atoms. The Hall–Kier alpha value is -0.870. The van der Waals surface area contributed by atoms with Gasteiger partial charge in [-0.15, -0.1) is 0 Å². The van der Waals surface area contributed by atoms with Crippen LogP contribution in [0.1, 0.15) is 33.1 Å². The third kappa shape index (κ3) is 3.41. The molecule has 3 atom stereocenters. The molecule has 0 N–H and O–H groups in total. The Labute approximate surface area is 129 Å². The molecule has 110 valence electrons. The molecule has 1 aromatic rings. The number of anilines is 1. The average Bonchev–Trinajstić information content (AvgIpc) is 2.81. The second kappa shape index (κ2) is 7.23. The first-order valence-corrected chi connectivity index (χ1v) is 8.21. The lowest BCUT2D eigenvalue weighted by Gasteiger charge is -2.33. The first-order chi connectivity index (χ1) is 9.67. The standard InChI is InChI=1S/C16H22BrNO2/c1-3-16(19)18(13-8-6-5-7-9-13)14-10-12(17)11-15(14)20-4-2/h5-9,12,14-15H,3-4,10-11H2,1-2H3. The average molecular weight is 340 g/mol. The highest BCUT2D eigenvalue weighted by molar-refractivity contribution is 9.09. The van der Waals surface area contributed by atoms with Crippen molar-refractivity contribution in [2.45, 2.75) is 50.1 Å². The Morgan fingerprint density at radius 2 is 2.00 bits per heavy atom. The van der Waals surface area contributed by atoms with Crippen molar-refractivity contribution in [3.05, 3.63) is 30.3 Å². The number of halogens is 1.